The Labute approximate surface area is 148 Å². The monoisotopic (exact) mass is 362 g/mol. The zero-order valence-electron chi connectivity index (χ0n) is 13.6. The largest absolute Gasteiger partial charge is 0.323 e. The van der Waals surface area contributed by atoms with Crippen molar-refractivity contribution in [1.82, 2.24) is 10.2 Å². The Kier molecular flexibility index (Phi) is 4.60. The van der Waals surface area contributed by atoms with Gasteiger partial charge in [-0.25, -0.2) is 0 Å². The van der Waals surface area contributed by atoms with Gasteiger partial charge in [-0.1, -0.05) is 49.1 Å². The van der Waals surface area contributed by atoms with E-state index in [0.717, 1.165) is 22.0 Å². The molecule has 8 heteroatoms. The molecule has 0 radical (unpaired) electrons. The SMILES string of the molecule is CC(C)Cc1nnc(NC(=O)C2(C)Sc3ccccc3NC2=O)s1. The van der Waals surface area contributed by atoms with Crippen LogP contribution in [-0.4, -0.2) is 26.8 Å². The van der Waals surface area contributed by atoms with Crippen molar-refractivity contribution in [2.75, 3.05) is 10.6 Å². The zero-order chi connectivity index (χ0) is 17.3. The number of benzene rings is 1. The molecular formula is C16H18N4O2S2. The molecule has 6 nitrogen and oxygen atoms in total. The molecule has 0 saturated heterocycles. The number of anilines is 2. The van der Waals surface area contributed by atoms with Crippen LogP contribution in [0, 0.1) is 5.92 Å². The molecule has 3 rings (SSSR count). The molecule has 0 aliphatic carbocycles. The quantitative estimate of drug-likeness (QED) is 0.816. The second-order valence-electron chi connectivity index (χ2n) is 6.14. The Morgan fingerprint density at radius 1 is 1.33 bits per heavy atom. The van der Waals surface area contributed by atoms with Crippen molar-refractivity contribution in [3.63, 3.8) is 0 Å². The Hall–Kier alpha value is -1.93. The molecule has 1 aliphatic heterocycles. The van der Waals surface area contributed by atoms with Gasteiger partial charge in [-0.15, -0.1) is 10.2 Å². The minimum atomic E-state index is -1.25. The van der Waals surface area contributed by atoms with Gasteiger partial charge in [0.1, 0.15) is 5.01 Å². The molecule has 2 amide bonds. The fraction of sp³-hybridized carbons (Fsp3) is 0.375. The topological polar surface area (TPSA) is 84.0 Å². The number of hydrogen-bond acceptors (Lipinski definition) is 6. The van der Waals surface area contributed by atoms with Crippen LogP contribution in [0.5, 0.6) is 0 Å². The van der Waals surface area contributed by atoms with Crippen LogP contribution in [0.4, 0.5) is 10.8 Å². The van der Waals surface area contributed by atoms with Crippen LogP contribution in [0.1, 0.15) is 25.8 Å². The molecule has 2 heterocycles. The van der Waals surface area contributed by atoms with Crippen LogP contribution in [0.25, 0.3) is 0 Å². The standard InChI is InChI=1S/C16H18N4O2S2/c1-9(2)8-12-19-20-15(23-12)18-14(22)16(3)13(21)17-10-6-4-5-7-11(10)24-16/h4-7,9H,8H2,1-3H3,(H,17,21)(H,18,20,22). The molecule has 1 aromatic carbocycles. The van der Waals surface area contributed by atoms with Crippen molar-refractivity contribution in [2.45, 2.75) is 36.8 Å². The molecule has 2 aromatic rings. The van der Waals surface area contributed by atoms with Crippen LogP contribution in [0.15, 0.2) is 29.2 Å². The van der Waals surface area contributed by atoms with Gasteiger partial charge in [0, 0.05) is 11.3 Å². The molecule has 0 bridgehead atoms. The number of hydrogen-bond donors (Lipinski definition) is 2. The maximum atomic E-state index is 12.7. The fourth-order valence-corrected chi connectivity index (χ4v) is 4.32. The highest BCUT2D eigenvalue weighted by Gasteiger charge is 2.46. The van der Waals surface area contributed by atoms with Gasteiger partial charge in [-0.3, -0.25) is 14.9 Å². The number of carbonyl (C=O) groups is 2. The van der Waals surface area contributed by atoms with Crippen LogP contribution >= 0.6 is 23.1 Å². The third-order valence-corrected chi connectivity index (χ3v) is 5.80. The Morgan fingerprint density at radius 2 is 2.08 bits per heavy atom. The first-order valence-corrected chi connectivity index (χ1v) is 9.25. The number of thioether (sulfide) groups is 1. The minimum absolute atomic E-state index is 0.337. The van der Waals surface area contributed by atoms with Crippen molar-refractivity contribution in [1.29, 1.82) is 0 Å². The summed E-state index contributed by atoms with van der Waals surface area (Å²) >= 11 is 2.59. The summed E-state index contributed by atoms with van der Waals surface area (Å²) in [4.78, 5) is 26.0. The van der Waals surface area contributed by atoms with Crippen molar-refractivity contribution >= 4 is 45.7 Å². The molecule has 0 fully saturated rings. The molecule has 1 aliphatic rings. The van der Waals surface area contributed by atoms with E-state index in [1.807, 2.05) is 24.3 Å². The maximum Gasteiger partial charge on any atom is 0.252 e. The van der Waals surface area contributed by atoms with Crippen LogP contribution in [0.3, 0.4) is 0 Å². The number of para-hydroxylation sites is 1. The van der Waals surface area contributed by atoms with Gasteiger partial charge in [0.25, 0.3) is 5.91 Å². The molecule has 1 aromatic heterocycles. The van der Waals surface area contributed by atoms with Gasteiger partial charge in [-0.2, -0.15) is 0 Å². The second-order valence-corrected chi connectivity index (χ2v) is 8.66. The Balaban J connectivity index is 1.77. The molecule has 24 heavy (non-hydrogen) atoms. The minimum Gasteiger partial charge on any atom is -0.323 e. The molecule has 1 unspecified atom stereocenters. The van der Waals surface area contributed by atoms with Gasteiger partial charge in [0.05, 0.1) is 5.69 Å². The summed E-state index contributed by atoms with van der Waals surface area (Å²) in [7, 11) is 0. The number of fused-ring (bicyclic) bond motifs is 1. The summed E-state index contributed by atoms with van der Waals surface area (Å²) in [5.41, 5.74) is 0.730. The van der Waals surface area contributed by atoms with Gasteiger partial charge in [0.2, 0.25) is 11.0 Å². The second kappa shape index (κ2) is 6.52. The first-order valence-electron chi connectivity index (χ1n) is 7.62. The van der Waals surface area contributed by atoms with E-state index in [9.17, 15) is 9.59 Å². The third-order valence-electron chi connectivity index (χ3n) is 3.59. The fourth-order valence-electron chi connectivity index (χ4n) is 2.27. The van der Waals surface area contributed by atoms with E-state index >= 15 is 0 Å². The molecule has 0 saturated carbocycles. The summed E-state index contributed by atoms with van der Waals surface area (Å²) in [5.74, 6) is -0.266. The van der Waals surface area contributed by atoms with Crippen molar-refractivity contribution in [3.8, 4) is 0 Å². The number of nitrogens with one attached hydrogen (secondary N) is 2. The number of amides is 2. The van der Waals surface area contributed by atoms with E-state index in [1.165, 1.54) is 23.1 Å². The first-order chi connectivity index (χ1) is 11.4. The smallest absolute Gasteiger partial charge is 0.252 e. The van der Waals surface area contributed by atoms with Gasteiger partial charge >= 0.3 is 0 Å². The van der Waals surface area contributed by atoms with E-state index in [-0.39, 0.29) is 5.91 Å². The number of aromatic nitrogens is 2. The van der Waals surface area contributed by atoms with Crippen LogP contribution in [-0.2, 0) is 16.0 Å². The Morgan fingerprint density at radius 3 is 2.83 bits per heavy atom. The van der Waals surface area contributed by atoms with E-state index in [1.54, 1.807) is 6.92 Å². The molecular weight excluding hydrogens is 344 g/mol. The van der Waals surface area contributed by atoms with Gasteiger partial charge in [-0.05, 0) is 25.0 Å². The lowest BCUT2D eigenvalue weighted by atomic mass is 10.1. The Bertz CT molecular complexity index is 790. The van der Waals surface area contributed by atoms with E-state index in [0.29, 0.717) is 11.0 Å². The lowest BCUT2D eigenvalue weighted by Gasteiger charge is -2.31. The van der Waals surface area contributed by atoms with Crippen LogP contribution < -0.4 is 10.6 Å². The predicted molar refractivity (Wildman–Crippen MR) is 96.4 cm³/mol. The lowest BCUT2D eigenvalue weighted by molar-refractivity contribution is -0.126. The number of carbonyl (C=O) groups excluding carboxylic acids is 2. The molecule has 0 spiro atoms. The van der Waals surface area contributed by atoms with Gasteiger partial charge < -0.3 is 5.32 Å². The number of rotatable bonds is 4. The third kappa shape index (κ3) is 3.29. The summed E-state index contributed by atoms with van der Waals surface area (Å²) < 4.78 is -1.25. The van der Waals surface area contributed by atoms with Gasteiger partial charge in [0.15, 0.2) is 4.75 Å². The maximum absolute atomic E-state index is 12.7. The summed E-state index contributed by atoms with van der Waals surface area (Å²) in [5, 5.41) is 14.9. The van der Waals surface area contributed by atoms with Crippen LogP contribution in [0.2, 0.25) is 0 Å². The predicted octanol–water partition coefficient (Wildman–Crippen LogP) is 3.18. The van der Waals surface area contributed by atoms with Crippen molar-refractivity contribution in [2.24, 2.45) is 5.92 Å². The highest BCUT2D eigenvalue weighted by Crippen LogP contribution is 2.42. The first kappa shape index (κ1) is 16.9. The summed E-state index contributed by atoms with van der Waals surface area (Å²) in [6.45, 7) is 5.82. The van der Waals surface area contributed by atoms with Crippen molar-refractivity contribution < 1.29 is 9.59 Å². The lowest BCUT2D eigenvalue weighted by Crippen LogP contribution is -2.49. The summed E-state index contributed by atoms with van der Waals surface area (Å²) in [6.07, 6.45) is 0.813. The summed E-state index contributed by atoms with van der Waals surface area (Å²) in [6, 6.07) is 7.43. The average Bonchev–Trinajstić information content (AvgIpc) is 2.94. The normalized spacial score (nSPS) is 19.8. The zero-order valence-corrected chi connectivity index (χ0v) is 15.3. The van der Waals surface area contributed by atoms with Crippen molar-refractivity contribution in [3.05, 3.63) is 29.3 Å². The number of nitrogens with zero attached hydrogens (tertiary/aromatic N) is 2. The molecule has 1 atom stereocenters. The van der Waals surface area contributed by atoms with E-state index in [2.05, 4.69) is 34.7 Å². The molecule has 126 valence electrons. The van der Waals surface area contributed by atoms with E-state index < -0.39 is 10.7 Å². The highest BCUT2D eigenvalue weighted by atomic mass is 32.2. The molecule has 2 N–H and O–H groups in total. The highest BCUT2D eigenvalue weighted by molar-refractivity contribution is 8.02. The van der Waals surface area contributed by atoms with E-state index in [4.69, 9.17) is 0 Å². The average molecular weight is 362 g/mol.